The van der Waals surface area contributed by atoms with Crippen molar-refractivity contribution in [2.24, 2.45) is 5.41 Å². The molecule has 0 spiro atoms. The van der Waals surface area contributed by atoms with Crippen LogP contribution in [0.2, 0.25) is 0 Å². The molecule has 0 aromatic heterocycles. The van der Waals surface area contributed by atoms with Crippen LogP contribution >= 0.6 is 0 Å². The van der Waals surface area contributed by atoms with Crippen molar-refractivity contribution in [1.82, 2.24) is 4.90 Å². The van der Waals surface area contributed by atoms with E-state index in [-0.39, 0.29) is 30.3 Å². The smallest absolute Gasteiger partial charge is 0.417 e. The first-order valence-electron chi connectivity index (χ1n) is 14.3. The number of amides is 2. The normalized spacial score (nSPS) is 15.8. The highest BCUT2D eigenvalue weighted by molar-refractivity contribution is 5.94. The van der Waals surface area contributed by atoms with Crippen LogP contribution < -0.4 is 4.90 Å². The number of carbonyl (C=O) groups excluding carboxylic acids is 2. The maximum Gasteiger partial charge on any atom is 0.417 e. The monoisotopic (exact) mass is 546 g/mol. The van der Waals surface area contributed by atoms with Crippen LogP contribution in [0.15, 0.2) is 115 Å². The predicted molar refractivity (Wildman–Crippen MR) is 163 cm³/mol. The molecule has 0 bridgehead atoms. The van der Waals surface area contributed by atoms with Crippen molar-refractivity contribution in [3.63, 3.8) is 0 Å². The second-order valence-corrected chi connectivity index (χ2v) is 11.8. The second kappa shape index (κ2) is 12.4. The Morgan fingerprint density at radius 3 is 1.95 bits per heavy atom. The molecule has 2 amide bonds. The van der Waals surface area contributed by atoms with Crippen LogP contribution in [0, 0.1) is 5.41 Å². The van der Waals surface area contributed by atoms with Crippen molar-refractivity contribution in [2.45, 2.75) is 52.2 Å². The molecule has 5 heteroatoms. The molecule has 1 heterocycles. The lowest BCUT2D eigenvalue weighted by Gasteiger charge is -2.33. The van der Waals surface area contributed by atoms with E-state index in [9.17, 15) is 9.59 Å². The highest BCUT2D eigenvalue weighted by Crippen LogP contribution is 2.41. The van der Waals surface area contributed by atoms with Crippen LogP contribution in [0.25, 0.3) is 0 Å². The van der Waals surface area contributed by atoms with Crippen molar-refractivity contribution in [2.75, 3.05) is 11.5 Å². The fourth-order valence-corrected chi connectivity index (χ4v) is 5.60. The van der Waals surface area contributed by atoms with E-state index < -0.39 is 12.1 Å². The van der Waals surface area contributed by atoms with Gasteiger partial charge in [-0.1, -0.05) is 124 Å². The second-order valence-electron chi connectivity index (χ2n) is 11.8. The van der Waals surface area contributed by atoms with Gasteiger partial charge in [-0.05, 0) is 45.7 Å². The van der Waals surface area contributed by atoms with Gasteiger partial charge in [-0.25, -0.2) is 9.69 Å². The first kappa shape index (κ1) is 28.2. The molecule has 0 radical (unpaired) electrons. The van der Waals surface area contributed by atoms with Crippen molar-refractivity contribution in [3.05, 3.63) is 138 Å². The average molecular weight is 547 g/mol. The van der Waals surface area contributed by atoms with Crippen LogP contribution in [0.3, 0.4) is 0 Å². The third-order valence-corrected chi connectivity index (χ3v) is 7.82. The quantitative estimate of drug-likeness (QED) is 0.213. The van der Waals surface area contributed by atoms with Gasteiger partial charge >= 0.3 is 6.09 Å². The van der Waals surface area contributed by atoms with Crippen molar-refractivity contribution in [3.8, 4) is 0 Å². The van der Waals surface area contributed by atoms with Crippen LogP contribution in [0.5, 0.6) is 0 Å². The summed E-state index contributed by atoms with van der Waals surface area (Å²) in [7, 11) is 0. The van der Waals surface area contributed by atoms with Crippen LogP contribution in [-0.2, 0) is 22.6 Å². The first-order valence-corrected chi connectivity index (χ1v) is 14.3. The Morgan fingerprint density at radius 2 is 1.39 bits per heavy atom. The van der Waals surface area contributed by atoms with Crippen LogP contribution in [0.4, 0.5) is 10.5 Å². The fourth-order valence-electron chi connectivity index (χ4n) is 5.60. The highest BCUT2D eigenvalue weighted by Gasteiger charge is 2.41. The molecule has 41 heavy (non-hydrogen) atoms. The van der Waals surface area contributed by atoms with Gasteiger partial charge in [-0.2, -0.15) is 0 Å². The lowest BCUT2D eigenvalue weighted by molar-refractivity contribution is -0.130. The zero-order valence-corrected chi connectivity index (χ0v) is 24.1. The zero-order valence-electron chi connectivity index (χ0n) is 24.1. The maximum atomic E-state index is 13.8. The summed E-state index contributed by atoms with van der Waals surface area (Å²) in [5.74, 6) is -0.313. The summed E-state index contributed by atoms with van der Waals surface area (Å²) in [6.45, 7) is 8.16. The Morgan fingerprint density at radius 1 is 0.829 bits per heavy atom. The largest absolute Gasteiger partial charge is 0.446 e. The van der Waals surface area contributed by atoms with E-state index in [2.05, 4.69) is 98.5 Å². The van der Waals surface area contributed by atoms with E-state index in [1.54, 1.807) is 0 Å². The Bertz CT molecular complexity index is 1410. The summed E-state index contributed by atoms with van der Waals surface area (Å²) in [6.07, 6.45) is -0.356. The van der Waals surface area contributed by atoms with Crippen molar-refractivity contribution < 1.29 is 14.3 Å². The van der Waals surface area contributed by atoms with Gasteiger partial charge in [0.1, 0.15) is 12.6 Å². The van der Waals surface area contributed by atoms with Gasteiger partial charge in [0.25, 0.3) is 0 Å². The molecule has 1 unspecified atom stereocenters. The molecule has 1 aliphatic rings. The van der Waals surface area contributed by atoms with Gasteiger partial charge in [0.15, 0.2) is 0 Å². The van der Waals surface area contributed by atoms with Gasteiger partial charge in [0.05, 0.1) is 0 Å². The molecule has 2 atom stereocenters. The Balaban J connectivity index is 1.43. The predicted octanol–water partition coefficient (Wildman–Crippen LogP) is 8.13. The minimum atomic E-state index is -0.567. The first-order chi connectivity index (χ1) is 19.8. The fraction of sp³-hybridized carbons (Fsp3) is 0.278. The molecule has 4 aromatic carbocycles. The molecule has 5 nitrogen and oxygen atoms in total. The molecular weight excluding hydrogens is 508 g/mol. The topological polar surface area (TPSA) is 49.9 Å². The molecule has 4 aromatic rings. The number of ether oxygens (including phenoxy) is 1. The van der Waals surface area contributed by atoms with E-state index in [1.807, 2.05) is 42.5 Å². The van der Waals surface area contributed by atoms with Crippen LogP contribution in [-0.4, -0.2) is 23.5 Å². The highest BCUT2D eigenvalue weighted by atomic mass is 16.6. The van der Waals surface area contributed by atoms with Crippen LogP contribution in [0.1, 0.15) is 61.4 Å². The minimum absolute atomic E-state index is 0.102. The number of carbonyl (C=O) groups is 2. The summed E-state index contributed by atoms with van der Waals surface area (Å²) in [5.41, 5.74) is 5.33. The third kappa shape index (κ3) is 6.86. The summed E-state index contributed by atoms with van der Waals surface area (Å²) in [5, 5.41) is 0. The van der Waals surface area contributed by atoms with Gasteiger partial charge in [-0.15, -0.1) is 0 Å². The molecule has 210 valence electrons. The molecule has 1 saturated heterocycles. The third-order valence-electron chi connectivity index (χ3n) is 7.82. The lowest BCUT2D eigenvalue weighted by Crippen LogP contribution is -2.36. The maximum absolute atomic E-state index is 13.8. The summed E-state index contributed by atoms with van der Waals surface area (Å²) in [4.78, 5) is 30.2. The van der Waals surface area contributed by atoms with Crippen molar-refractivity contribution in [1.29, 1.82) is 0 Å². The van der Waals surface area contributed by atoms with Gasteiger partial charge in [-0.3, -0.25) is 4.79 Å². The Labute approximate surface area is 243 Å². The van der Waals surface area contributed by atoms with Crippen molar-refractivity contribution >= 4 is 17.7 Å². The summed E-state index contributed by atoms with van der Waals surface area (Å²) < 4.78 is 5.35. The number of imide groups is 1. The number of cyclic esters (lactones) is 1. The van der Waals surface area contributed by atoms with E-state index in [0.717, 1.165) is 29.9 Å². The Hall–Kier alpha value is -4.38. The molecular formula is C36H38N2O3. The molecule has 5 rings (SSSR count). The van der Waals surface area contributed by atoms with E-state index in [4.69, 9.17) is 4.74 Å². The van der Waals surface area contributed by atoms with E-state index in [0.29, 0.717) is 0 Å². The van der Waals surface area contributed by atoms with E-state index >= 15 is 0 Å². The lowest BCUT2D eigenvalue weighted by atomic mass is 9.74. The molecule has 0 N–H and O–H groups in total. The Kier molecular flexibility index (Phi) is 8.53. The summed E-state index contributed by atoms with van der Waals surface area (Å²) in [6, 6.07) is 38.7. The number of rotatable bonds is 9. The number of nitrogens with zero attached hydrogens (tertiary/aromatic N) is 2. The molecule has 0 saturated carbocycles. The van der Waals surface area contributed by atoms with Gasteiger partial charge < -0.3 is 9.64 Å². The SMILES string of the molecule is CC(C)(C)[C@H](CC(=O)N1C(=O)OCC1c1ccccc1)c1cccc(N(Cc2ccccc2)Cc2ccccc2)c1. The minimum Gasteiger partial charge on any atom is -0.446 e. The summed E-state index contributed by atoms with van der Waals surface area (Å²) >= 11 is 0. The number of hydrogen-bond donors (Lipinski definition) is 0. The number of benzene rings is 4. The van der Waals surface area contributed by atoms with E-state index in [1.165, 1.54) is 16.0 Å². The molecule has 1 fully saturated rings. The van der Waals surface area contributed by atoms with Gasteiger partial charge in [0, 0.05) is 25.2 Å². The van der Waals surface area contributed by atoms with Gasteiger partial charge in [0.2, 0.25) is 5.91 Å². The molecule has 1 aliphatic heterocycles. The molecule has 0 aliphatic carbocycles. The number of hydrogen-bond acceptors (Lipinski definition) is 4. The standard InChI is InChI=1S/C36H38N2O3/c1-36(2,3)32(23-34(39)38-33(26-41-35(38)40)29-18-11-6-12-19-29)30-20-13-21-31(22-30)37(24-27-14-7-4-8-15-27)25-28-16-9-5-10-17-28/h4-22,32-33H,23-26H2,1-3H3/t32-,33?/m1/s1. The zero-order chi connectivity index (χ0) is 28.8. The average Bonchev–Trinajstić information content (AvgIpc) is 3.38. The number of anilines is 1.